The Morgan fingerprint density at radius 3 is 1.81 bits per heavy atom. The number of unbranched alkanes of at least 4 members (excludes halogenated alkanes) is 2. The summed E-state index contributed by atoms with van der Waals surface area (Å²) in [5.74, 6) is 0.387. The van der Waals surface area contributed by atoms with E-state index in [0.29, 0.717) is 44.5 Å². The molecule has 0 aliphatic heterocycles. The number of carbonyl (C=O) groups excluding carboxylic acids is 1. The Kier molecular flexibility index (Phi) is 15.7. The van der Waals surface area contributed by atoms with Crippen molar-refractivity contribution in [2.24, 2.45) is 5.41 Å². The van der Waals surface area contributed by atoms with Crippen molar-refractivity contribution in [3.8, 4) is 39.1 Å². The van der Waals surface area contributed by atoms with Gasteiger partial charge < -0.3 is 19.7 Å². The van der Waals surface area contributed by atoms with E-state index in [1.807, 2.05) is 13.0 Å². The first kappa shape index (κ1) is 40.6. The van der Waals surface area contributed by atoms with E-state index in [0.717, 1.165) is 36.1 Å². The second-order valence-electron chi connectivity index (χ2n) is 14.2. The van der Waals surface area contributed by atoms with Gasteiger partial charge in [-0.25, -0.2) is 4.79 Å². The first-order chi connectivity index (χ1) is 25.2. The Hall–Kier alpha value is -4.19. The summed E-state index contributed by atoms with van der Waals surface area (Å²) in [5.41, 5.74) is 12.2. The number of aryl methyl sites for hydroxylation is 4. The smallest absolute Gasteiger partial charge is 0.333 e. The van der Waals surface area contributed by atoms with Gasteiger partial charge in [-0.15, -0.1) is 0 Å². The zero-order valence-corrected chi connectivity index (χ0v) is 32.2. The molecule has 0 bridgehead atoms. The van der Waals surface area contributed by atoms with Gasteiger partial charge in [0.05, 0.1) is 26.4 Å². The van der Waals surface area contributed by atoms with E-state index >= 15 is 0 Å². The summed E-state index contributed by atoms with van der Waals surface area (Å²) >= 11 is 0. The van der Waals surface area contributed by atoms with Gasteiger partial charge in [-0.2, -0.15) is 0 Å². The number of ether oxygens (including phenoxy) is 2. The predicted molar refractivity (Wildman–Crippen MR) is 216 cm³/mol. The van der Waals surface area contributed by atoms with E-state index in [2.05, 4.69) is 100 Å². The zero-order chi connectivity index (χ0) is 37.5. The Bertz CT molecular complexity index is 1740. The minimum absolute atomic E-state index is 0.0873. The van der Waals surface area contributed by atoms with Crippen molar-refractivity contribution in [2.75, 3.05) is 26.4 Å². The molecule has 5 heteroatoms. The summed E-state index contributed by atoms with van der Waals surface area (Å²) in [7, 11) is 0. The van der Waals surface area contributed by atoms with Crippen molar-refractivity contribution in [1.29, 1.82) is 0 Å². The number of hydrogen-bond donors (Lipinski definition) is 2. The number of aliphatic hydroxyl groups excluding tert-OH is 2. The van der Waals surface area contributed by atoms with Crippen LogP contribution in [0, 0.1) is 5.41 Å². The van der Waals surface area contributed by atoms with Crippen LogP contribution in [-0.2, 0) is 35.2 Å². The number of hydrogen-bond acceptors (Lipinski definition) is 5. The quantitative estimate of drug-likeness (QED) is 0.0513. The molecule has 0 heterocycles. The van der Waals surface area contributed by atoms with Crippen molar-refractivity contribution >= 4 is 5.97 Å². The lowest BCUT2D eigenvalue weighted by molar-refractivity contribution is -0.139. The molecular weight excluding hydrogens is 645 g/mol. The lowest BCUT2D eigenvalue weighted by Gasteiger charge is -2.28. The molecule has 0 aliphatic rings. The fourth-order valence-electron chi connectivity index (χ4n) is 6.74. The second kappa shape index (κ2) is 20.2. The zero-order valence-electron chi connectivity index (χ0n) is 32.2. The highest BCUT2D eigenvalue weighted by molar-refractivity contribution is 5.86. The Labute approximate surface area is 312 Å². The predicted octanol–water partition coefficient (Wildman–Crippen LogP) is 10.7. The first-order valence-corrected chi connectivity index (χ1v) is 19.4. The number of esters is 1. The van der Waals surface area contributed by atoms with E-state index in [1.165, 1.54) is 63.8 Å². The lowest BCUT2D eigenvalue weighted by atomic mass is 9.84. The van der Waals surface area contributed by atoms with Gasteiger partial charge >= 0.3 is 5.97 Å². The number of carbonyl (C=O) groups is 1. The molecular formula is C47H60O5. The summed E-state index contributed by atoms with van der Waals surface area (Å²) in [6.45, 7) is 14.5. The highest BCUT2D eigenvalue weighted by atomic mass is 16.5. The maximum atomic E-state index is 12.0. The van der Waals surface area contributed by atoms with Crippen molar-refractivity contribution in [3.63, 3.8) is 0 Å². The molecule has 0 spiro atoms. The molecule has 0 atom stereocenters. The molecule has 52 heavy (non-hydrogen) atoms. The molecule has 4 aromatic carbocycles. The summed E-state index contributed by atoms with van der Waals surface area (Å²) in [5, 5.41) is 19.8. The highest BCUT2D eigenvalue weighted by Crippen LogP contribution is 2.35. The van der Waals surface area contributed by atoms with Crippen LogP contribution < -0.4 is 4.74 Å². The molecule has 0 amide bonds. The second-order valence-corrected chi connectivity index (χ2v) is 14.2. The Morgan fingerprint density at radius 2 is 1.25 bits per heavy atom. The molecule has 0 aliphatic carbocycles. The first-order valence-electron chi connectivity index (χ1n) is 19.4. The molecule has 4 rings (SSSR count). The molecule has 0 fully saturated rings. The Balaban J connectivity index is 1.58. The standard InChI is InChI=1S/C47H60O5/c1-7-11-12-14-35-16-18-38(19-17-35)43-23-20-39(29-36(43)8-2)40-21-24-44(37(9-3)30-40)41-22-25-45(51-28-26-47(10-4,32-48)33-49)42(31-41)15-13-27-52-46(50)34(5)6/h16-25,29-31,48-49H,5,7-15,26-28,32-33H2,1-4,6H3. The minimum atomic E-state index is -0.563. The summed E-state index contributed by atoms with van der Waals surface area (Å²) < 4.78 is 11.7. The average Bonchev–Trinajstić information content (AvgIpc) is 3.18. The van der Waals surface area contributed by atoms with Crippen LogP contribution >= 0.6 is 0 Å². The maximum Gasteiger partial charge on any atom is 0.333 e. The van der Waals surface area contributed by atoms with E-state index in [4.69, 9.17) is 9.47 Å². The summed E-state index contributed by atoms with van der Waals surface area (Å²) in [4.78, 5) is 12.0. The molecule has 2 N–H and O–H groups in total. The SMILES string of the molecule is C=C(C)C(=O)OCCCc1cc(-c2ccc(-c3ccc(-c4ccc(CCCCC)cc4)c(CC)c3)cc2CC)ccc1OCCC(CC)(CO)CO. The van der Waals surface area contributed by atoms with Crippen LogP contribution in [0.1, 0.15) is 95.4 Å². The largest absolute Gasteiger partial charge is 0.493 e. The fraction of sp³-hybridized carbons (Fsp3) is 0.426. The maximum absolute atomic E-state index is 12.0. The molecule has 4 aromatic rings. The van der Waals surface area contributed by atoms with E-state index in [-0.39, 0.29) is 19.2 Å². The molecule has 0 aromatic heterocycles. The Morgan fingerprint density at radius 1 is 0.673 bits per heavy atom. The topological polar surface area (TPSA) is 76.0 Å². The number of aliphatic hydroxyl groups is 2. The third kappa shape index (κ3) is 10.7. The van der Waals surface area contributed by atoms with Gasteiger partial charge in [0.25, 0.3) is 0 Å². The molecule has 0 saturated carbocycles. The van der Waals surface area contributed by atoms with Crippen molar-refractivity contribution in [2.45, 2.75) is 98.8 Å². The fourth-order valence-corrected chi connectivity index (χ4v) is 6.74. The lowest BCUT2D eigenvalue weighted by Crippen LogP contribution is -2.31. The summed E-state index contributed by atoms with van der Waals surface area (Å²) in [6.07, 6.45) is 9.28. The van der Waals surface area contributed by atoms with Crippen LogP contribution in [0.4, 0.5) is 0 Å². The van der Waals surface area contributed by atoms with Gasteiger partial charge in [-0.05, 0) is 126 Å². The normalized spacial score (nSPS) is 11.4. The van der Waals surface area contributed by atoms with E-state index < -0.39 is 5.41 Å². The van der Waals surface area contributed by atoms with Crippen LogP contribution in [0.3, 0.4) is 0 Å². The van der Waals surface area contributed by atoms with Gasteiger partial charge in [-0.1, -0.05) is 114 Å². The van der Waals surface area contributed by atoms with Crippen LogP contribution in [-0.4, -0.2) is 42.6 Å². The molecule has 0 radical (unpaired) electrons. The highest BCUT2D eigenvalue weighted by Gasteiger charge is 2.26. The van der Waals surface area contributed by atoms with Crippen LogP contribution in [0.5, 0.6) is 5.75 Å². The van der Waals surface area contributed by atoms with Gasteiger partial charge in [0, 0.05) is 11.0 Å². The molecule has 5 nitrogen and oxygen atoms in total. The summed E-state index contributed by atoms with van der Waals surface area (Å²) in [6, 6.07) is 29.1. The van der Waals surface area contributed by atoms with Crippen LogP contribution in [0.2, 0.25) is 0 Å². The molecule has 0 unspecified atom stereocenters. The van der Waals surface area contributed by atoms with Crippen molar-refractivity contribution in [3.05, 3.63) is 113 Å². The monoisotopic (exact) mass is 704 g/mol. The number of benzene rings is 4. The van der Waals surface area contributed by atoms with Crippen molar-refractivity contribution in [1.82, 2.24) is 0 Å². The van der Waals surface area contributed by atoms with Crippen molar-refractivity contribution < 1.29 is 24.5 Å². The molecule has 278 valence electrons. The number of rotatable bonds is 21. The average molecular weight is 705 g/mol. The molecule has 0 saturated heterocycles. The van der Waals surface area contributed by atoms with Crippen LogP contribution in [0.25, 0.3) is 33.4 Å². The van der Waals surface area contributed by atoms with Gasteiger partial charge in [-0.3, -0.25) is 0 Å². The van der Waals surface area contributed by atoms with Crippen LogP contribution in [0.15, 0.2) is 91.0 Å². The third-order valence-electron chi connectivity index (χ3n) is 10.5. The van der Waals surface area contributed by atoms with Gasteiger partial charge in [0.2, 0.25) is 0 Å². The van der Waals surface area contributed by atoms with E-state index in [9.17, 15) is 15.0 Å². The minimum Gasteiger partial charge on any atom is -0.493 e. The van der Waals surface area contributed by atoms with Gasteiger partial charge in [0.1, 0.15) is 5.75 Å². The van der Waals surface area contributed by atoms with E-state index in [1.54, 1.807) is 6.92 Å². The third-order valence-corrected chi connectivity index (χ3v) is 10.5. The van der Waals surface area contributed by atoms with Gasteiger partial charge in [0.15, 0.2) is 0 Å².